The highest BCUT2D eigenvalue weighted by atomic mass is 79.9. The third-order valence-corrected chi connectivity index (χ3v) is 12.2. The van der Waals surface area contributed by atoms with Crippen LogP contribution in [0.25, 0.3) is 0 Å². The fraction of sp³-hybridized carbons (Fsp3) is 0.581. The van der Waals surface area contributed by atoms with Gasteiger partial charge in [-0.25, -0.2) is 9.59 Å². The minimum atomic E-state index is -0.909. The van der Waals surface area contributed by atoms with Gasteiger partial charge in [-0.3, -0.25) is 9.69 Å². The van der Waals surface area contributed by atoms with Gasteiger partial charge in [0, 0.05) is 77.7 Å². The summed E-state index contributed by atoms with van der Waals surface area (Å²) in [5.41, 5.74) is 2.94. The number of hydrogen-bond acceptors (Lipinski definition) is 7. The molecule has 5 heterocycles. The van der Waals surface area contributed by atoms with Crippen LogP contribution in [-0.4, -0.2) is 120 Å². The van der Waals surface area contributed by atoms with Gasteiger partial charge >= 0.3 is 12.1 Å². The molecule has 3 saturated heterocycles. The number of hydrogen-bond donors (Lipinski definition) is 1. The number of fused-ring (bicyclic) bond motifs is 1. The minimum absolute atomic E-state index is 0.0468. The largest absolute Gasteiger partial charge is 0.436 e. The lowest BCUT2D eigenvalue weighted by molar-refractivity contribution is -0.143. The molecule has 4 aliphatic heterocycles. The number of thiophene rings is 1. The molecule has 13 heteroatoms. The quantitative estimate of drug-likeness (QED) is 0.444. The Hall–Kier alpha value is -2.19. The molecular formula is C31H40Br2N6O4S. The van der Waals surface area contributed by atoms with Gasteiger partial charge < -0.3 is 29.7 Å². The first-order valence-corrected chi connectivity index (χ1v) is 18.0. The van der Waals surface area contributed by atoms with Crippen LogP contribution in [0, 0.1) is 0 Å². The topological polar surface area (TPSA) is 88.7 Å². The number of nitrogens with one attached hydrogen (secondary N) is 1. The van der Waals surface area contributed by atoms with Crippen LogP contribution in [0.4, 0.5) is 15.3 Å². The smallest absolute Gasteiger partial charge is 0.410 e. The van der Waals surface area contributed by atoms with Crippen molar-refractivity contribution in [1.29, 1.82) is 0 Å². The van der Waals surface area contributed by atoms with E-state index in [1.807, 2.05) is 33.4 Å². The van der Waals surface area contributed by atoms with E-state index >= 15 is 0 Å². The Morgan fingerprint density at radius 3 is 2.34 bits per heavy atom. The van der Waals surface area contributed by atoms with E-state index in [2.05, 4.69) is 59.4 Å². The van der Waals surface area contributed by atoms with E-state index in [0.717, 1.165) is 64.8 Å². The number of rotatable bonds is 6. The fourth-order valence-corrected chi connectivity index (χ4v) is 8.23. The first-order chi connectivity index (χ1) is 21.2. The van der Waals surface area contributed by atoms with E-state index < -0.39 is 12.2 Å². The molecule has 6 rings (SSSR count). The van der Waals surface area contributed by atoms with Crippen LogP contribution in [0.3, 0.4) is 0 Å². The molecule has 1 unspecified atom stereocenters. The van der Waals surface area contributed by atoms with Gasteiger partial charge in [-0.1, -0.05) is 6.07 Å². The van der Waals surface area contributed by atoms with Crippen LogP contribution in [0.2, 0.25) is 0 Å². The maximum atomic E-state index is 13.9. The lowest BCUT2D eigenvalue weighted by Gasteiger charge is -2.43. The molecule has 1 aromatic heterocycles. The van der Waals surface area contributed by atoms with E-state index in [1.165, 1.54) is 0 Å². The summed E-state index contributed by atoms with van der Waals surface area (Å²) in [5.74, 6) is -0.133. The van der Waals surface area contributed by atoms with Crippen molar-refractivity contribution < 1.29 is 19.1 Å². The van der Waals surface area contributed by atoms with Crippen molar-refractivity contribution in [3.05, 3.63) is 49.0 Å². The molecule has 1 aromatic carbocycles. The lowest BCUT2D eigenvalue weighted by atomic mass is 10.0. The summed E-state index contributed by atoms with van der Waals surface area (Å²) in [6, 6.07) is 6.39. The summed E-state index contributed by atoms with van der Waals surface area (Å²) < 4.78 is 7.84. The van der Waals surface area contributed by atoms with E-state index in [-0.39, 0.29) is 18.0 Å². The average Bonchev–Trinajstić information content (AvgIpc) is 3.49. The Labute approximate surface area is 279 Å². The number of likely N-dealkylation sites (tertiary alicyclic amines) is 2. The molecule has 3 fully saturated rings. The normalized spacial score (nSPS) is 21.6. The molecule has 238 valence electrons. The monoisotopic (exact) mass is 750 g/mol. The van der Waals surface area contributed by atoms with E-state index in [9.17, 15) is 14.4 Å². The molecule has 1 N–H and O–H groups in total. The number of amides is 4. The van der Waals surface area contributed by atoms with Gasteiger partial charge in [0.1, 0.15) is 0 Å². The van der Waals surface area contributed by atoms with Crippen molar-refractivity contribution in [2.45, 2.75) is 56.8 Å². The van der Waals surface area contributed by atoms with Crippen molar-refractivity contribution in [1.82, 2.24) is 24.5 Å². The Kier molecular flexibility index (Phi) is 10.2. The van der Waals surface area contributed by atoms with Crippen LogP contribution in [-0.2, 0) is 22.5 Å². The predicted molar refractivity (Wildman–Crippen MR) is 178 cm³/mol. The first-order valence-electron chi connectivity index (χ1n) is 15.5. The third-order valence-electron chi connectivity index (χ3n) is 9.50. The molecule has 0 aliphatic carbocycles. The number of carbonyl (C=O) groups excluding carboxylic acids is 3. The van der Waals surface area contributed by atoms with Gasteiger partial charge in [-0.2, -0.15) is 0 Å². The Bertz CT molecular complexity index is 1350. The summed E-state index contributed by atoms with van der Waals surface area (Å²) in [4.78, 5) is 50.5. The predicted octanol–water partition coefficient (Wildman–Crippen LogP) is 5.07. The van der Waals surface area contributed by atoms with E-state index in [4.69, 9.17) is 4.74 Å². The Morgan fingerprint density at radius 1 is 0.932 bits per heavy atom. The van der Waals surface area contributed by atoms with Crippen molar-refractivity contribution in [2.24, 2.45) is 0 Å². The average molecular weight is 753 g/mol. The fourth-order valence-electron chi connectivity index (χ4n) is 6.78. The molecule has 0 saturated carbocycles. The van der Waals surface area contributed by atoms with Crippen LogP contribution in [0.5, 0.6) is 0 Å². The summed E-state index contributed by atoms with van der Waals surface area (Å²) in [6.45, 7) is 6.73. The number of piperidine rings is 2. The van der Waals surface area contributed by atoms with Crippen molar-refractivity contribution in [2.75, 3.05) is 64.7 Å². The molecule has 0 radical (unpaired) electrons. The van der Waals surface area contributed by atoms with Crippen molar-refractivity contribution in [3.63, 3.8) is 0 Å². The molecular weight excluding hydrogens is 712 g/mol. The number of piperazine rings is 1. The standard InChI is InChI=1S/C31H40Br2N6O4S/c1-35-8-4-23(5-9-35)36-12-14-37(15-13-36)29(40)28(17-21-2-3-25(32)26(33)16-21)43-31(42)38-10-6-24(7-11-38)39-18-22-19-44-20-27(22)34-30(39)41/h2-3,16,19-20,23-24,28H,4-15,17-18H2,1H3,(H,34,41). The van der Waals surface area contributed by atoms with Gasteiger partial charge in [0.05, 0.1) is 12.2 Å². The van der Waals surface area contributed by atoms with Gasteiger partial charge in [0.15, 0.2) is 6.10 Å². The molecule has 2 aromatic rings. The highest BCUT2D eigenvalue weighted by molar-refractivity contribution is 9.13. The number of urea groups is 1. The van der Waals surface area contributed by atoms with Gasteiger partial charge in [-0.05, 0) is 101 Å². The Balaban J connectivity index is 1.07. The van der Waals surface area contributed by atoms with E-state index in [0.29, 0.717) is 58.0 Å². The first kappa shape index (κ1) is 31.8. The lowest BCUT2D eigenvalue weighted by Crippen LogP contribution is -2.56. The SMILES string of the molecule is CN1CCC(N2CCN(C(=O)C(Cc3ccc(Br)c(Br)c3)OC(=O)N3CCC(N4Cc5cscc5NC4=O)CC3)CC2)CC1. The molecule has 1 atom stereocenters. The number of halogens is 2. The third kappa shape index (κ3) is 7.27. The highest BCUT2D eigenvalue weighted by Crippen LogP contribution is 2.31. The number of carbonyl (C=O) groups is 3. The van der Waals surface area contributed by atoms with Crippen LogP contribution in [0.15, 0.2) is 37.9 Å². The summed E-state index contributed by atoms with van der Waals surface area (Å²) in [5, 5.41) is 7.02. The second-order valence-electron chi connectivity index (χ2n) is 12.3. The van der Waals surface area contributed by atoms with Crippen molar-refractivity contribution in [3.8, 4) is 0 Å². The molecule has 0 spiro atoms. The molecule has 10 nitrogen and oxygen atoms in total. The minimum Gasteiger partial charge on any atom is -0.436 e. The maximum Gasteiger partial charge on any atom is 0.410 e. The maximum absolute atomic E-state index is 13.9. The van der Waals surface area contributed by atoms with Crippen LogP contribution >= 0.6 is 43.2 Å². The van der Waals surface area contributed by atoms with Crippen LogP contribution < -0.4 is 5.32 Å². The van der Waals surface area contributed by atoms with Gasteiger partial charge in [0.2, 0.25) is 0 Å². The van der Waals surface area contributed by atoms with Gasteiger partial charge in [0.25, 0.3) is 5.91 Å². The number of nitrogens with zero attached hydrogens (tertiary/aromatic N) is 5. The summed E-state index contributed by atoms with van der Waals surface area (Å²) >= 11 is 8.66. The highest BCUT2D eigenvalue weighted by Gasteiger charge is 2.36. The summed E-state index contributed by atoms with van der Waals surface area (Å²) in [6.07, 6.45) is 2.59. The van der Waals surface area contributed by atoms with Crippen LogP contribution in [0.1, 0.15) is 36.8 Å². The molecule has 4 aliphatic rings. The van der Waals surface area contributed by atoms with E-state index in [1.54, 1.807) is 16.2 Å². The zero-order valence-electron chi connectivity index (χ0n) is 25.1. The zero-order valence-corrected chi connectivity index (χ0v) is 29.0. The van der Waals surface area contributed by atoms with Crippen molar-refractivity contribution >= 4 is 66.9 Å². The summed E-state index contributed by atoms with van der Waals surface area (Å²) in [7, 11) is 2.17. The Morgan fingerprint density at radius 2 is 1.64 bits per heavy atom. The van der Waals surface area contributed by atoms with Gasteiger partial charge in [-0.15, -0.1) is 11.3 Å². The second-order valence-corrected chi connectivity index (χ2v) is 14.8. The molecule has 0 bridgehead atoms. The number of anilines is 1. The second kappa shape index (κ2) is 14.1. The zero-order chi connectivity index (χ0) is 30.8. The number of benzene rings is 1. The number of ether oxygens (including phenoxy) is 1. The molecule has 44 heavy (non-hydrogen) atoms. The molecule has 4 amide bonds.